The van der Waals surface area contributed by atoms with Crippen molar-refractivity contribution in [3.8, 4) is 12.3 Å². The largest absolute Gasteiger partial charge is 0.300 e. The van der Waals surface area contributed by atoms with Crippen molar-refractivity contribution in [1.82, 2.24) is 15.5 Å². The van der Waals surface area contributed by atoms with Gasteiger partial charge in [0.2, 0.25) is 0 Å². The third-order valence-corrected chi connectivity index (χ3v) is 2.44. The normalized spacial score (nSPS) is 12.1. The van der Waals surface area contributed by atoms with Gasteiger partial charge >= 0.3 is 0 Å². The molecule has 16 heavy (non-hydrogen) atoms. The van der Waals surface area contributed by atoms with E-state index in [1.54, 1.807) is 0 Å². The molecule has 3 nitrogen and oxygen atoms in total. The summed E-state index contributed by atoms with van der Waals surface area (Å²) in [4.78, 5) is 0. The number of nitrogens with zero attached hydrogens (tertiary/aromatic N) is 2. The molecular weight excluding hydrogens is 198 g/mol. The average Bonchev–Trinajstić information content (AvgIpc) is 2.30. The molecule has 0 aliphatic rings. The lowest BCUT2D eigenvalue weighted by molar-refractivity contribution is 0.615. The van der Waals surface area contributed by atoms with Gasteiger partial charge in [0.05, 0.1) is 17.4 Å². The Hall–Kier alpha value is -1.40. The van der Waals surface area contributed by atoms with Crippen LogP contribution in [0.15, 0.2) is 6.07 Å². The number of aromatic nitrogens is 2. The van der Waals surface area contributed by atoms with Gasteiger partial charge in [-0.15, -0.1) is 6.42 Å². The molecule has 1 aromatic heterocycles. The van der Waals surface area contributed by atoms with Crippen LogP contribution in [0.25, 0.3) is 0 Å². The van der Waals surface area contributed by atoms with Crippen LogP contribution in [0.5, 0.6) is 0 Å². The monoisotopic (exact) mass is 217 g/mol. The van der Waals surface area contributed by atoms with Gasteiger partial charge in [0, 0.05) is 5.56 Å². The highest BCUT2D eigenvalue weighted by Gasteiger charge is 2.13. The van der Waals surface area contributed by atoms with Crippen molar-refractivity contribution >= 4 is 0 Å². The molecule has 3 heteroatoms. The molecule has 1 unspecified atom stereocenters. The molecule has 1 N–H and O–H groups in total. The number of hydrogen-bond donors (Lipinski definition) is 1. The van der Waals surface area contributed by atoms with E-state index >= 15 is 0 Å². The topological polar surface area (TPSA) is 37.8 Å². The summed E-state index contributed by atoms with van der Waals surface area (Å²) in [6.45, 7) is 7.04. The van der Waals surface area contributed by atoms with E-state index in [1.807, 2.05) is 13.0 Å². The van der Waals surface area contributed by atoms with Gasteiger partial charge in [0.15, 0.2) is 0 Å². The van der Waals surface area contributed by atoms with Crippen molar-refractivity contribution in [2.75, 3.05) is 6.54 Å². The second kappa shape index (κ2) is 6.24. The Bertz CT molecular complexity index is 379. The molecule has 0 aliphatic heterocycles. The van der Waals surface area contributed by atoms with E-state index in [4.69, 9.17) is 6.42 Å². The van der Waals surface area contributed by atoms with E-state index in [0.717, 1.165) is 36.3 Å². The Morgan fingerprint density at radius 1 is 1.44 bits per heavy atom. The Kier molecular flexibility index (Phi) is 4.94. The second-order valence-corrected chi connectivity index (χ2v) is 3.80. The van der Waals surface area contributed by atoms with E-state index in [9.17, 15) is 0 Å². The zero-order chi connectivity index (χ0) is 12.0. The zero-order valence-corrected chi connectivity index (χ0v) is 10.2. The van der Waals surface area contributed by atoms with E-state index < -0.39 is 0 Å². The molecule has 0 radical (unpaired) electrons. The maximum atomic E-state index is 5.56. The maximum Gasteiger partial charge on any atom is 0.0962 e. The number of rotatable bonds is 5. The Morgan fingerprint density at radius 2 is 2.19 bits per heavy atom. The molecule has 86 valence electrons. The SMILES string of the molecule is C#CC(NCCC)c1cc(C)nnc1CC. The summed E-state index contributed by atoms with van der Waals surface area (Å²) in [7, 11) is 0. The third kappa shape index (κ3) is 3.04. The highest BCUT2D eigenvalue weighted by Crippen LogP contribution is 2.16. The summed E-state index contributed by atoms with van der Waals surface area (Å²) in [5, 5.41) is 11.6. The first-order valence-electron chi connectivity index (χ1n) is 5.75. The van der Waals surface area contributed by atoms with Crippen LogP contribution in [0.3, 0.4) is 0 Å². The molecule has 0 aliphatic carbocycles. The molecule has 0 bridgehead atoms. The van der Waals surface area contributed by atoms with Crippen molar-refractivity contribution in [3.63, 3.8) is 0 Å². The fourth-order valence-corrected chi connectivity index (χ4v) is 1.61. The Balaban J connectivity index is 2.98. The molecule has 0 fully saturated rings. The summed E-state index contributed by atoms with van der Waals surface area (Å²) in [6, 6.07) is 1.98. The standard InChI is InChI=1S/C13H19N3/c1-5-8-14-12(6-2)11-9-10(4)15-16-13(11)7-3/h2,9,12,14H,5,7-8H2,1,3-4H3. The van der Waals surface area contributed by atoms with Crippen LogP contribution in [0.2, 0.25) is 0 Å². The van der Waals surface area contributed by atoms with Crippen LogP contribution in [-0.4, -0.2) is 16.7 Å². The summed E-state index contributed by atoms with van der Waals surface area (Å²) < 4.78 is 0. The molecule has 0 aromatic carbocycles. The maximum absolute atomic E-state index is 5.56. The molecule has 1 rings (SSSR count). The zero-order valence-electron chi connectivity index (χ0n) is 10.2. The predicted molar refractivity (Wildman–Crippen MR) is 66.0 cm³/mol. The smallest absolute Gasteiger partial charge is 0.0962 e. The van der Waals surface area contributed by atoms with E-state index in [2.05, 4.69) is 35.3 Å². The molecular formula is C13H19N3. The van der Waals surface area contributed by atoms with Crippen molar-refractivity contribution in [2.24, 2.45) is 0 Å². The summed E-state index contributed by atoms with van der Waals surface area (Å²) in [6.07, 6.45) is 7.48. The Labute approximate surface area is 97.7 Å². The summed E-state index contributed by atoms with van der Waals surface area (Å²) in [5.74, 6) is 2.78. The van der Waals surface area contributed by atoms with Crippen molar-refractivity contribution in [1.29, 1.82) is 0 Å². The van der Waals surface area contributed by atoms with Gasteiger partial charge in [-0.2, -0.15) is 10.2 Å². The fraction of sp³-hybridized carbons (Fsp3) is 0.538. The highest BCUT2D eigenvalue weighted by molar-refractivity contribution is 5.30. The number of terminal acetylenes is 1. The molecule has 0 saturated carbocycles. The highest BCUT2D eigenvalue weighted by atomic mass is 15.1. The summed E-state index contributed by atoms with van der Waals surface area (Å²) >= 11 is 0. The first kappa shape index (κ1) is 12.7. The Morgan fingerprint density at radius 3 is 2.75 bits per heavy atom. The minimum atomic E-state index is -0.0518. The quantitative estimate of drug-likeness (QED) is 0.767. The lowest BCUT2D eigenvalue weighted by Crippen LogP contribution is -2.22. The molecule has 0 amide bonds. The van der Waals surface area contributed by atoms with Crippen LogP contribution >= 0.6 is 0 Å². The van der Waals surface area contributed by atoms with Crippen molar-refractivity contribution in [3.05, 3.63) is 23.0 Å². The molecule has 1 aromatic rings. The van der Waals surface area contributed by atoms with Gasteiger partial charge in [0.1, 0.15) is 0 Å². The summed E-state index contributed by atoms with van der Waals surface area (Å²) in [5.41, 5.74) is 2.98. The third-order valence-electron chi connectivity index (χ3n) is 2.44. The number of aryl methyl sites for hydroxylation is 2. The molecule has 1 atom stereocenters. The minimum absolute atomic E-state index is 0.0518. The van der Waals surface area contributed by atoms with Crippen LogP contribution in [0.1, 0.15) is 43.3 Å². The number of nitrogens with one attached hydrogen (secondary N) is 1. The van der Waals surface area contributed by atoms with Crippen molar-refractivity contribution < 1.29 is 0 Å². The van der Waals surface area contributed by atoms with Crippen LogP contribution in [0, 0.1) is 19.3 Å². The van der Waals surface area contributed by atoms with E-state index in [-0.39, 0.29) is 6.04 Å². The van der Waals surface area contributed by atoms with Gasteiger partial charge < -0.3 is 0 Å². The molecule has 1 heterocycles. The first-order valence-corrected chi connectivity index (χ1v) is 5.75. The average molecular weight is 217 g/mol. The second-order valence-electron chi connectivity index (χ2n) is 3.80. The fourth-order valence-electron chi connectivity index (χ4n) is 1.61. The molecule has 0 spiro atoms. The van der Waals surface area contributed by atoms with Gasteiger partial charge in [-0.1, -0.05) is 19.8 Å². The lowest BCUT2D eigenvalue weighted by atomic mass is 10.0. The van der Waals surface area contributed by atoms with Crippen LogP contribution < -0.4 is 5.32 Å². The van der Waals surface area contributed by atoms with Crippen LogP contribution in [0.4, 0.5) is 0 Å². The minimum Gasteiger partial charge on any atom is -0.300 e. The van der Waals surface area contributed by atoms with E-state index in [1.165, 1.54) is 0 Å². The van der Waals surface area contributed by atoms with E-state index in [0.29, 0.717) is 0 Å². The molecule has 0 saturated heterocycles. The van der Waals surface area contributed by atoms with Gasteiger partial charge in [0.25, 0.3) is 0 Å². The predicted octanol–water partition coefficient (Wildman–Crippen LogP) is 2.02. The van der Waals surface area contributed by atoms with Gasteiger partial charge in [-0.3, -0.25) is 5.32 Å². The lowest BCUT2D eigenvalue weighted by Gasteiger charge is -2.15. The van der Waals surface area contributed by atoms with Gasteiger partial charge in [-0.05, 0) is 32.4 Å². The van der Waals surface area contributed by atoms with Gasteiger partial charge in [-0.25, -0.2) is 0 Å². The van der Waals surface area contributed by atoms with Crippen molar-refractivity contribution in [2.45, 2.75) is 39.7 Å². The van der Waals surface area contributed by atoms with Crippen LogP contribution in [-0.2, 0) is 6.42 Å². The first-order chi connectivity index (χ1) is 7.72. The number of hydrogen-bond acceptors (Lipinski definition) is 3.